The summed E-state index contributed by atoms with van der Waals surface area (Å²) in [7, 11) is 0. The highest BCUT2D eigenvalue weighted by molar-refractivity contribution is 5.74. The molecule has 0 bridgehead atoms. The number of alkyl halides is 3. The van der Waals surface area contributed by atoms with Crippen LogP contribution in [0.15, 0.2) is 18.2 Å². The Morgan fingerprint density at radius 2 is 2.08 bits per heavy atom. The first-order chi connectivity index (χ1) is 11.2. The number of H-pyrrole nitrogens is 1. The van der Waals surface area contributed by atoms with Gasteiger partial charge in [0.15, 0.2) is 0 Å². The highest BCUT2D eigenvalue weighted by Gasteiger charge is 2.29. The van der Waals surface area contributed by atoms with Gasteiger partial charge in [0.1, 0.15) is 11.6 Å². The predicted molar refractivity (Wildman–Crippen MR) is 81.2 cm³/mol. The summed E-state index contributed by atoms with van der Waals surface area (Å²) in [6, 6.07) is 3.70. The van der Waals surface area contributed by atoms with E-state index in [1.807, 2.05) is 0 Å². The van der Waals surface area contributed by atoms with Gasteiger partial charge in [0.2, 0.25) is 0 Å². The molecule has 1 heterocycles. The number of nitrogens with one attached hydrogen (secondary N) is 2. The zero-order chi connectivity index (χ0) is 18.2. The average Bonchev–Trinajstić information content (AvgIpc) is 2.84. The number of fused-ring (bicyclic) bond motifs is 1. The summed E-state index contributed by atoms with van der Waals surface area (Å²) < 4.78 is 49.5. The summed E-state index contributed by atoms with van der Waals surface area (Å²) in [6.45, 7) is 1.74. The predicted octanol–water partition coefficient (Wildman–Crippen LogP) is 3.27. The van der Waals surface area contributed by atoms with E-state index >= 15 is 0 Å². The van der Waals surface area contributed by atoms with Crippen molar-refractivity contribution in [3.8, 4) is 0 Å². The third kappa shape index (κ3) is 7.40. The Morgan fingerprint density at radius 3 is 2.71 bits per heavy atom. The number of carbonyl (C=O) groups is 1. The van der Waals surface area contributed by atoms with E-state index in [-0.39, 0.29) is 12.3 Å². The lowest BCUT2D eigenvalue weighted by atomic mass is 10.2. The topological polar surface area (TPSA) is 78.0 Å². The van der Waals surface area contributed by atoms with Gasteiger partial charge in [-0.3, -0.25) is 4.79 Å². The van der Waals surface area contributed by atoms with Crippen molar-refractivity contribution in [1.29, 1.82) is 0 Å². The minimum Gasteiger partial charge on any atom is -0.483 e. The lowest BCUT2D eigenvalue weighted by molar-refractivity contribution is -0.139. The summed E-state index contributed by atoms with van der Waals surface area (Å²) in [5.74, 6) is 0.376. The van der Waals surface area contributed by atoms with Gasteiger partial charge in [0.05, 0.1) is 17.5 Å². The number of rotatable bonds is 6. The van der Waals surface area contributed by atoms with Crippen molar-refractivity contribution in [1.82, 2.24) is 15.3 Å². The van der Waals surface area contributed by atoms with Crippen LogP contribution in [0.3, 0.4) is 0 Å². The van der Waals surface area contributed by atoms with Crippen LogP contribution in [0.25, 0.3) is 11.0 Å². The quantitative estimate of drug-likeness (QED) is 0.425. The van der Waals surface area contributed by atoms with Crippen LogP contribution in [-0.2, 0) is 11.2 Å². The van der Waals surface area contributed by atoms with Gasteiger partial charge in [-0.05, 0) is 38.1 Å². The molecule has 24 heavy (non-hydrogen) atoms. The van der Waals surface area contributed by atoms with Crippen molar-refractivity contribution in [2.75, 3.05) is 6.54 Å². The van der Waals surface area contributed by atoms with Gasteiger partial charge >= 0.3 is 6.18 Å². The molecule has 0 radical (unpaired) electrons. The Morgan fingerprint density at radius 1 is 1.42 bits per heavy atom. The Bertz CT molecular complexity index is 643. The van der Waals surface area contributed by atoms with Gasteiger partial charge in [0, 0.05) is 12.5 Å². The minimum absolute atomic E-state index is 0.250. The number of aryl methyl sites for hydroxylation is 1. The SMILES string of the molecule is CC(CC(F)(F)F)NCCCc1nc2ccc(F)cc2[nH]1.O=CO. The van der Waals surface area contributed by atoms with E-state index in [1.165, 1.54) is 19.1 Å². The van der Waals surface area contributed by atoms with Gasteiger partial charge in [-0.2, -0.15) is 13.2 Å². The second kappa shape index (κ2) is 9.21. The second-order valence-electron chi connectivity index (χ2n) is 5.23. The van der Waals surface area contributed by atoms with Gasteiger partial charge in [-0.1, -0.05) is 0 Å². The third-order valence-electron chi connectivity index (χ3n) is 3.11. The van der Waals surface area contributed by atoms with Crippen LogP contribution in [0, 0.1) is 5.82 Å². The fraction of sp³-hybridized carbons (Fsp3) is 0.467. The smallest absolute Gasteiger partial charge is 0.390 e. The first kappa shape index (κ1) is 19.9. The number of aromatic nitrogens is 2. The van der Waals surface area contributed by atoms with E-state index in [4.69, 9.17) is 9.90 Å². The van der Waals surface area contributed by atoms with Gasteiger partial charge in [-0.15, -0.1) is 0 Å². The molecule has 0 amide bonds. The Kier molecular flexibility index (Phi) is 7.63. The first-order valence-electron chi connectivity index (χ1n) is 7.27. The maximum absolute atomic E-state index is 13.0. The fourth-order valence-electron chi connectivity index (χ4n) is 2.18. The number of halogens is 4. The summed E-state index contributed by atoms with van der Waals surface area (Å²) in [4.78, 5) is 15.7. The largest absolute Gasteiger partial charge is 0.483 e. The molecule has 1 aromatic heterocycles. The maximum atomic E-state index is 13.0. The van der Waals surface area contributed by atoms with Crippen LogP contribution >= 0.6 is 0 Å². The van der Waals surface area contributed by atoms with Crippen LogP contribution in [0.5, 0.6) is 0 Å². The van der Waals surface area contributed by atoms with Gasteiger partial charge < -0.3 is 15.4 Å². The average molecular weight is 349 g/mol. The summed E-state index contributed by atoms with van der Waals surface area (Å²) in [5.41, 5.74) is 1.31. The summed E-state index contributed by atoms with van der Waals surface area (Å²) in [5, 5.41) is 9.72. The Labute approximate surface area is 136 Å². The number of imidazole rings is 1. The third-order valence-corrected chi connectivity index (χ3v) is 3.11. The number of hydrogen-bond acceptors (Lipinski definition) is 3. The van der Waals surface area contributed by atoms with Crippen molar-refractivity contribution in [3.63, 3.8) is 0 Å². The van der Waals surface area contributed by atoms with Crippen molar-refractivity contribution in [3.05, 3.63) is 29.8 Å². The maximum Gasteiger partial charge on any atom is 0.390 e. The van der Waals surface area contributed by atoms with E-state index in [0.717, 1.165) is 0 Å². The molecule has 0 aliphatic rings. The highest BCUT2D eigenvalue weighted by Crippen LogP contribution is 2.21. The lowest BCUT2D eigenvalue weighted by Gasteiger charge is -2.15. The van der Waals surface area contributed by atoms with Crippen LogP contribution in [0.2, 0.25) is 0 Å². The zero-order valence-electron chi connectivity index (χ0n) is 13.0. The lowest BCUT2D eigenvalue weighted by Crippen LogP contribution is -2.32. The van der Waals surface area contributed by atoms with Crippen LogP contribution in [0.4, 0.5) is 17.6 Å². The molecule has 2 aromatic rings. The summed E-state index contributed by atoms with van der Waals surface area (Å²) in [6.07, 6.45) is -3.72. The van der Waals surface area contributed by atoms with E-state index in [1.54, 1.807) is 6.07 Å². The monoisotopic (exact) mass is 349 g/mol. The standard InChI is InChI=1S/C14H17F4N3.CH2O2/c1-9(8-14(16,17)18)19-6-2-3-13-20-11-5-4-10(15)7-12(11)21-13;2-1-3/h4-5,7,9,19H,2-3,6,8H2,1H3,(H,20,21);1H,(H,2,3). The number of carboxylic acid groups (broad SMARTS) is 1. The molecule has 0 aliphatic heterocycles. The molecule has 134 valence electrons. The van der Waals surface area contributed by atoms with E-state index in [9.17, 15) is 17.6 Å². The Hall–Kier alpha value is -2.16. The van der Waals surface area contributed by atoms with E-state index in [2.05, 4.69) is 15.3 Å². The minimum atomic E-state index is -4.14. The normalized spacial score (nSPS) is 12.5. The molecular formula is C15H19F4N3O2. The van der Waals surface area contributed by atoms with Gasteiger partial charge in [-0.25, -0.2) is 9.37 Å². The van der Waals surface area contributed by atoms with Crippen molar-refractivity contribution in [2.24, 2.45) is 0 Å². The van der Waals surface area contributed by atoms with E-state index < -0.39 is 18.6 Å². The molecule has 0 aliphatic carbocycles. The molecule has 0 saturated heterocycles. The van der Waals surface area contributed by atoms with Crippen LogP contribution < -0.4 is 5.32 Å². The highest BCUT2D eigenvalue weighted by atomic mass is 19.4. The molecule has 3 N–H and O–H groups in total. The van der Waals surface area contributed by atoms with Crippen LogP contribution in [-0.4, -0.2) is 40.3 Å². The molecule has 1 unspecified atom stereocenters. The van der Waals surface area contributed by atoms with E-state index in [0.29, 0.717) is 36.2 Å². The van der Waals surface area contributed by atoms with Crippen LogP contribution in [0.1, 0.15) is 25.6 Å². The molecule has 0 spiro atoms. The number of nitrogens with zero attached hydrogens (tertiary/aromatic N) is 1. The molecular weight excluding hydrogens is 330 g/mol. The molecule has 0 saturated carbocycles. The Balaban J connectivity index is 0.000000891. The number of aromatic amines is 1. The summed E-state index contributed by atoms with van der Waals surface area (Å²) >= 11 is 0. The second-order valence-corrected chi connectivity index (χ2v) is 5.23. The molecule has 1 atom stereocenters. The first-order valence-corrected chi connectivity index (χ1v) is 7.27. The molecule has 5 nitrogen and oxygen atoms in total. The molecule has 9 heteroatoms. The molecule has 2 rings (SSSR count). The molecule has 1 aromatic carbocycles. The van der Waals surface area contributed by atoms with Crippen molar-refractivity contribution >= 4 is 17.5 Å². The fourth-order valence-corrected chi connectivity index (χ4v) is 2.18. The number of hydrogen-bond donors (Lipinski definition) is 3. The van der Waals surface area contributed by atoms with Crippen molar-refractivity contribution in [2.45, 2.75) is 38.4 Å². The van der Waals surface area contributed by atoms with Gasteiger partial charge in [0.25, 0.3) is 6.47 Å². The van der Waals surface area contributed by atoms with Crippen molar-refractivity contribution < 1.29 is 27.5 Å². The number of benzene rings is 1. The zero-order valence-corrected chi connectivity index (χ0v) is 13.0. The molecule has 0 fully saturated rings.